The number of carbonyl (C=O) groups is 3. The van der Waals surface area contributed by atoms with Crippen LogP contribution >= 0.6 is 0 Å². The van der Waals surface area contributed by atoms with Gasteiger partial charge < -0.3 is 4.90 Å². The first-order chi connectivity index (χ1) is 15.0. The lowest BCUT2D eigenvalue weighted by atomic mass is 9.80. The summed E-state index contributed by atoms with van der Waals surface area (Å²) in [6, 6.07) is 6.92. The fraction of sp³-hybridized carbons (Fsp3) is 0.292. The van der Waals surface area contributed by atoms with Crippen LogP contribution in [0.15, 0.2) is 42.0 Å². The van der Waals surface area contributed by atoms with Crippen molar-refractivity contribution in [1.29, 1.82) is 0 Å². The van der Waals surface area contributed by atoms with Crippen molar-refractivity contribution < 1.29 is 23.2 Å². The average Bonchev–Trinajstić information content (AvgIpc) is 2.69. The van der Waals surface area contributed by atoms with Crippen molar-refractivity contribution in [3.63, 3.8) is 0 Å². The van der Waals surface area contributed by atoms with Crippen LogP contribution in [0.25, 0.3) is 6.08 Å². The fourth-order valence-electron chi connectivity index (χ4n) is 4.38. The quantitative estimate of drug-likeness (QED) is 0.558. The number of hydrogen-bond donors (Lipinski definition) is 1. The largest absolute Gasteiger partial charge is 0.369 e. The molecule has 6 nitrogen and oxygen atoms in total. The van der Waals surface area contributed by atoms with E-state index in [0.29, 0.717) is 4.90 Å². The van der Waals surface area contributed by atoms with E-state index in [1.54, 1.807) is 6.07 Å². The number of nitrogens with one attached hydrogen (secondary N) is 1. The molecular formula is C24H23F2N3O3. The van der Waals surface area contributed by atoms with E-state index in [9.17, 15) is 18.8 Å². The summed E-state index contributed by atoms with van der Waals surface area (Å²) >= 11 is 0. The van der Waals surface area contributed by atoms with Gasteiger partial charge in [-0.1, -0.05) is 13.0 Å². The Bertz CT molecular complexity index is 1190. The zero-order valence-electron chi connectivity index (χ0n) is 18.2. The zero-order valence-corrected chi connectivity index (χ0v) is 18.2. The molecule has 166 valence electrons. The lowest BCUT2D eigenvalue weighted by Crippen LogP contribution is -2.54. The molecule has 0 bridgehead atoms. The van der Waals surface area contributed by atoms with E-state index in [4.69, 9.17) is 0 Å². The standard InChI is InChI=1S/C24H23F2N3O3/c1-13-12-24(2,3)28(4)20-11-19(26)14(8-17(13)20)9-18-21(30)27-23(32)29(22(18)31)16-7-5-6-15(25)10-16/h5-11,13H,12H2,1-4H3,(H,27,30,32)/b18-9-. The third-order valence-electron chi connectivity index (χ3n) is 6.22. The Hall–Kier alpha value is -3.55. The van der Waals surface area contributed by atoms with Gasteiger partial charge in [-0.25, -0.2) is 18.5 Å². The molecule has 0 aromatic heterocycles. The first kappa shape index (κ1) is 21.7. The van der Waals surface area contributed by atoms with E-state index in [1.807, 2.05) is 18.9 Å². The molecule has 0 aliphatic carbocycles. The van der Waals surface area contributed by atoms with Gasteiger partial charge in [0.2, 0.25) is 0 Å². The molecule has 2 aromatic rings. The third kappa shape index (κ3) is 3.55. The van der Waals surface area contributed by atoms with Crippen molar-refractivity contribution in [2.45, 2.75) is 38.6 Å². The summed E-state index contributed by atoms with van der Waals surface area (Å²) in [7, 11) is 1.91. The molecule has 0 saturated carbocycles. The van der Waals surface area contributed by atoms with E-state index < -0.39 is 35.1 Å². The molecule has 1 N–H and O–H groups in total. The van der Waals surface area contributed by atoms with Crippen molar-refractivity contribution in [2.24, 2.45) is 0 Å². The predicted octanol–water partition coefficient (Wildman–Crippen LogP) is 4.35. The number of urea groups is 1. The van der Waals surface area contributed by atoms with Gasteiger partial charge in [-0.05, 0) is 68.2 Å². The molecular weight excluding hydrogens is 416 g/mol. The van der Waals surface area contributed by atoms with Gasteiger partial charge >= 0.3 is 6.03 Å². The Morgan fingerprint density at radius 2 is 1.84 bits per heavy atom. The van der Waals surface area contributed by atoms with Gasteiger partial charge in [-0.15, -0.1) is 0 Å². The van der Waals surface area contributed by atoms with Crippen molar-refractivity contribution in [3.05, 3.63) is 64.7 Å². The lowest BCUT2D eigenvalue weighted by Gasteiger charge is -2.45. The number of amides is 4. The van der Waals surface area contributed by atoms with Crippen LogP contribution in [0.4, 0.5) is 25.0 Å². The Labute approximate surface area is 184 Å². The highest BCUT2D eigenvalue weighted by Gasteiger charge is 2.38. The number of carbonyl (C=O) groups excluding carboxylic acids is 3. The second-order valence-corrected chi connectivity index (χ2v) is 8.85. The van der Waals surface area contributed by atoms with Crippen LogP contribution in [0.1, 0.15) is 44.2 Å². The Balaban J connectivity index is 1.78. The maximum absolute atomic E-state index is 15.0. The van der Waals surface area contributed by atoms with Crippen molar-refractivity contribution >= 4 is 35.3 Å². The summed E-state index contributed by atoms with van der Waals surface area (Å²) < 4.78 is 28.7. The van der Waals surface area contributed by atoms with Crippen LogP contribution in [0.5, 0.6) is 0 Å². The lowest BCUT2D eigenvalue weighted by molar-refractivity contribution is -0.122. The van der Waals surface area contributed by atoms with E-state index in [-0.39, 0.29) is 22.7 Å². The highest BCUT2D eigenvalue weighted by Crippen LogP contribution is 2.43. The molecule has 2 aromatic carbocycles. The van der Waals surface area contributed by atoms with Gasteiger partial charge in [0, 0.05) is 23.8 Å². The first-order valence-corrected chi connectivity index (χ1v) is 10.2. The molecule has 8 heteroatoms. The number of halogens is 2. The van der Waals surface area contributed by atoms with Crippen molar-refractivity contribution in [1.82, 2.24) is 5.32 Å². The number of benzene rings is 2. The Morgan fingerprint density at radius 1 is 1.12 bits per heavy atom. The third-order valence-corrected chi connectivity index (χ3v) is 6.22. The molecule has 0 radical (unpaired) electrons. The van der Waals surface area contributed by atoms with Gasteiger partial charge in [-0.2, -0.15) is 0 Å². The number of imide groups is 2. The summed E-state index contributed by atoms with van der Waals surface area (Å²) in [4.78, 5) is 40.3. The van der Waals surface area contributed by atoms with Gasteiger partial charge in [0.15, 0.2) is 0 Å². The van der Waals surface area contributed by atoms with Crippen LogP contribution in [-0.4, -0.2) is 30.4 Å². The number of barbiturate groups is 1. The number of fused-ring (bicyclic) bond motifs is 1. The minimum atomic E-state index is -0.994. The smallest absolute Gasteiger partial charge is 0.335 e. The van der Waals surface area contributed by atoms with E-state index in [2.05, 4.69) is 19.2 Å². The molecule has 4 rings (SSSR count). The minimum Gasteiger partial charge on any atom is -0.369 e. The molecule has 1 atom stereocenters. The molecule has 1 unspecified atom stereocenters. The minimum absolute atomic E-state index is 0.0331. The van der Waals surface area contributed by atoms with Gasteiger partial charge in [0.25, 0.3) is 11.8 Å². The topological polar surface area (TPSA) is 69.7 Å². The molecule has 2 aliphatic rings. The fourth-order valence-corrected chi connectivity index (χ4v) is 4.38. The molecule has 2 heterocycles. The summed E-state index contributed by atoms with van der Waals surface area (Å²) in [5.74, 6) is -2.99. The maximum Gasteiger partial charge on any atom is 0.335 e. The highest BCUT2D eigenvalue weighted by molar-refractivity contribution is 6.39. The maximum atomic E-state index is 15.0. The molecule has 4 amide bonds. The normalized spacial score (nSPS) is 21.6. The predicted molar refractivity (Wildman–Crippen MR) is 117 cm³/mol. The van der Waals surface area contributed by atoms with Gasteiger partial charge in [0.05, 0.1) is 5.69 Å². The molecule has 2 aliphatic heterocycles. The second kappa shape index (κ2) is 7.55. The van der Waals surface area contributed by atoms with Crippen LogP contribution < -0.4 is 15.1 Å². The van der Waals surface area contributed by atoms with Gasteiger partial charge in [-0.3, -0.25) is 14.9 Å². The second-order valence-electron chi connectivity index (χ2n) is 8.85. The van der Waals surface area contributed by atoms with Crippen molar-refractivity contribution in [2.75, 3.05) is 16.8 Å². The number of anilines is 2. The average molecular weight is 439 g/mol. The highest BCUT2D eigenvalue weighted by atomic mass is 19.1. The van der Waals surface area contributed by atoms with E-state index >= 15 is 4.39 Å². The SMILES string of the molecule is CC1CC(C)(C)N(C)c2cc(F)c(/C=C3/C(=O)NC(=O)N(c4cccc(F)c4)C3=O)cc21. The first-order valence-electron chi connectivity index (χ1n) is 10.2. The molecule has 1 fully saturated rings. The van der Waals surface area contributed by atoms with E-state index in [1.165, 1.54) is 24.3 Å². The number of hydrogen-bond acceptors (Lipinski definition) is 4. The van der Waals surface area contributed by atoms with Gasteiger partial charge in [0.1, 0.15) is 17.2 Å². The van der Waals surface area contributed by atoms with Crippen molar-refractivity contribution in [3.8, 4) is 0 Å². The summed E-state index contributed by atoms with van der Waals surface area (Å²) in [5, 5.41) is 2.06. The number of nitrogens with zero attached hydrogens (tertiary/aromatic N) is 2. The summed E-state index contributed by atoms with van der Waals surface area (Å²) in [6.45, 7) is 6.22. The van der Waals surface area contributed by atoms with Crippen LogP contribution in [0.2, 0.25) is 0 Å². The summed E-state index contributed by atoms with van der Waals surface area (Å²) in [6.07, 6.45) is 1.98. The van der Waals surface area contributed by atoms with Crippen LogP contribution in [0.3, 0.4) is 0 Å². The molecule has 1 saturated heterocycles. The zero-order chi connectivity index (χ0) is 23.4. The molecule has 32 heavy (non-hydrogen) atoms. The monoisotopic (exact) mass is 439 g/mol. The van der Waals surface area contributed by atoms with Crippen LogP contribution in [0, 0.1) is 11.6 Å². The van der Waals surface area contributed by atoms with E-state index in [0.717, 1.165) is 29.8 Å². The molecule has 0 spiro atoms. The summed E-state index contributed by atoms with van der Waals surface area (Å²) in [5.41, 5.74) is 1.13. The van der Waals surface area contributed by atoms with Crippen LogP contribution in [-0.2, 0) is 9.59 Å². The number of rotatable bonds is 2. The Kier molecular flexibility index (Phi) is 5.11. The Morgan fingerprint density at radius 3 is 2.53 bits per heavy atom.